The van der Waals surface area contributed by atoms with E-state index >= 15 is 0 Å². The van der Waals surface area contributed by atoms with Gasteiger partial charge in [-0.05, 0) is 50.8 Å². The van der Waals surface area contributed by atoms with Crippen molar-refractivity contribution in [2.75, 3.05) is 36.8 Å². The SMILES string of the molecule is CC(C)(C)NC(S)N[C@H](COCc1ccccc1)C(=O)N1CCC2(CC1)CN(S(C)(=O)=O)c1ccccc12. The van der Waals surface area contributed by atoms with Gasteiger partial charge in [-0.25, -0.2) is 8.42 Å². The number of sulfonamides is 1. The van der Waals surface area contributed by atoms with Crippen LogP contribution in [0.1, 0.15) is 44.7 Å². The van der Waals surface area contributed by atoms with Crippen molar-refractivity contribution in [3.63, 3.8) is 0 Å². The minimum Gasteiger partial charge on any atom is -0.375 e. The number of thiol groups is 1. The number of rotatable bonds is 9. The van der Waals surface area contributed by atoms with E-state index in [-0.39, 0.29) is 23.5 Å². The van der Waals surface area contributed by atoms with Gasteiger partial charge in [-0.3, -0.25) is 19.7 Å². The molecule has 2 N–H and O–H groups in total. The lowest BCUT2D eigenvalue weighted by atomic mass is 9.74. The maximum Gasteiger partial charge on any atom is 0.242 e. The molecule has 2 aliphatic rings. The summed E-state index contributed by atoms with van der Waals surface area (Å²) in [5, 5.41) is 6.66. The summed E-state index contributed by atoms with van der Waals surface area (Å²) in [5.74, 6) is -0.0334. The lowest BCUT2D eigenvalue weighted by molar-refractivity contribution is -0.137. The molecular formula is C28H40N4O4S2. The van der Waals surface area contributed by atoms with Crippen molar-refractivity contribution in [1.82, 2.24) is 15.5 Å². The molecule has 1 unspecified atom stereocenters. The second kappa shape index (κ2) is 11.6. The zero-order valence-electron chi connectivity index (χ0n) is 22.7. The van der Waals surface area contributed by atoms with Crippen LogP contribution in [0.3, 0.4) is 0 Å². The van der Waals surface area contributed by atoms with Gasteiger partial charge in [0.1, 0.15) is 11.5 Å². The van der Waals surface area contributed by atoms with Crippen LogP contribution in [0.2, 0.25) is 0 Å². The van der Waals surface area contributed by atoms with Crippen LogP contribution in [0.15, 0.2) is 54.6 Å². The number of amides is 1. The highest BCUT2D eigenvalue weighted by atomic mass is 32.2. The van der Waals surface area contributed by atoms with E-state index in [0.29, 0.717) is 39.1 Å². The normalized spacial score (nSPS) is 18.9. The summed E-state index contributed by atoms with van der Waals surface area (Å²) >= 11 is 4.64. The predicted octanol–water partition coefficient (Wildman–Crippen LogP) is 3.10. The van der Waals surface area contributed by atoms with Gasteiger partial charge in [0.25, 0.3) is 0 Å². The summed E-state index contributed by atoms with van der Waals surface area (Å²) in [4.78, 5) is 15.6. The fraction of sp³-hybridized carbons (Fsp3) is 0.536. The minimum atomic E-state index is -3.39. The van der Waals surface area contributed by atoms with Crippen molar-refractivity contribution < 1.29 is 17.9 Å². The fourth-order valence-corrected chi connectivity index (χ4v) is 6.95. The molecule has 2 aliphatic heterocycles. The standard InChI is InChI=1S/C28H40N4O4S2/c1-27(2,3)30-26(37)29-23(19-36-18-21-10-6-5-7-11-21)25(33)31-16-14-28(15-17-31)20-32(38(4,34)35)24-13-9-8-12-22(24)28/h5-13,23,26,29-30,37H,14-20H2,1-4H3/t23-,26?/m1/s1. The first-order valence-electron chi connectivity index (χ1n) is 13.1. The van der Waals surface area contributed by atoms with E-state index in [1.165, 1.54) is 10.6 Å². The van der Waals surface area contributed by atoms with Gasteiger partial charge in [-0.2, -0.15) is 0 Å². The number of hydrogen-bond donors (Lipinski definition) is 3. The first kappa shape index (κ1) is 28.9. The molecule has 0 bridgehead atoms. The topological polar surface area (TPSA) is 91.0 Å². The van der Waals surface area contributed by atoms with Gasteiger partial charge in [-0.15, -0.1) is 12.6 Å². The van der Waals surface area contributed by atoms with E-state index in [4.69, 9.17) is 4.74 Å². The van der Waals surface area contributed by atoms with Gasteiger partial charge in [0.15, 0.2) is 0 Å². The molecule has 0 saturated carbocycles. The Kier molecular flexibility index (Phi) is 8.78. The lowest BCUT2D eigenvalue weighted by Gasteiger charge is -2.41. The van der Waals surface area contributed by atoms with Crippen LogP contribution in [0.5, 0.6) is 0 Å². The predicted molar refractivity (Wildman–Crippen MR) is 155 cm³/mol. The van der Waals surface area contributed by atoms with Crippen molar-refractivity contribution >= 4 is 34.2 Å². The second-order valence-corrected chi connectivity index (χ2v) is 13.8. The summed E-state index contributed by atoms with van der Waals surface area (Å²) in [6.07, 6.45) is 2.65. The minimum absolute atomic E-state index is 0.0334. The van der Waals surface area contributed by atoms with E-state index in [2.05, 4.69) is 23.3 Å². The molecule has 0 aromatic heterocycles. The van der Waals surface area contributed by atoms with Crippen LogP contribution in [-0.2, 0) is 31.6 Å². The molecule has 1 fully saturated rings. The Bertz CT molecular complexity index is 1210. The number of hydrogen-bond acceptors (Lipinski definition) is 7. The summed E-state index contributed by atoms with van der Waals surface area (Å²) in [6, 6.07) is 17.1. The highest BCUT2D eigenvalue weighted by Crippen LogP contribution is 2.47. The number of likely N-dealkylation sites (tertiary alicyclic amines) is 1. The summed E-state index contributed by atoms with van der Waals surface area (Å²) in [5.41, 5.74) is 1.99. The zero-order chi connectivity index (χ0) is 27.6. The fourth-order valence-electron chi connectivity index (χ4n) is 5.39. The molecule has 8 nitrogen and oxygen atoms in total. The molecule has 4 rings (SSSR count). The van der Waals surface area contributed by atoms with Gasteiger partial charge in [0.2, 0.25) is 15.9 Å². The number of anilines is 1. The van der Waals surface area contributed by atoms with Crippen molar-refractivity contribution in [3.8, 4) is 0 Å². The third-order valence-electron chi connectivity index (χ3n) is 7.25. The van der Waals surface area contributed by atoms with E-state index in [1.807, 2.05) is 80.3 Å². The van der Waals surface area contributed by atoms with Crippen molar-refractivity contribution in [2.45, 2.75) is 62.7 Å². The molecule has 2 aromatic carbocycles. The van der Waals surface area contributed by atoms with Crippen molar-refractivity contribution in [3.05, 3.63) is 65.7 Å². The molecule has 0 radical (unpaired) electrons. The number of para-hydroxylation sites is 1. The molecule has 10 heteroatoms. The number of fused-ring (bicyclic) bond motifs is 2. The van der Waals surface area contributed by atoms with Gasteiger partial charge < -0.3 is 9.64 Å². The highest BCUT2D eigenvalue weighted by Gasteiger charge is 2.47. The van der Waals surface area contributed by atoms with Gasteiger partial charge in [-0.1, -0.05) is 48.5 Å². The van der Waals surface area contributed by atoms with E-state index in [0.717, 1.165) is 16.8 Å². The summed E-state index contributed by atoms with van der Waals surface area (Å²) in [7, 11) is -3.39. The van der Waals surface area contributed by atoms with Crippen LogP contribution in [0.4, 0.5) is 5.69 Å². The Morgan fingerprint density at radius 1 is 1.08 bits per heavy atom. The third-order valence-corrected chi connectivity index (χ3v) is 8.65. The van der Waals surface area contributed by atoms with Gasteiger partial charge >= 0.3 is 0 Å². The third kappa shape index (κ3) is 6.90. The van der Waals surface area contributed by atoms with Gasteiger partial charge in [0.05, 0.1) is 25.2 Å². The van der Waals surface area contributed by atoms with E-state index in [9.17, 15) is 13.2 Å². The molecule has 2 atom stereocenters. The smallest absolute Gasteiger partial charge is 0.242 e. The van der Waals surface area contributed by atoms with Crippen LogP contribution in [0.25, 0.3) is 0 Å². The van der Waals surface area contributed by atoms with E-state index < -0.39 is 21.6 Å². The number of carbonyl (C=O) groups excluding carboxylic acids is 1. The van der Waals surface area contributed by atoms with Crippen molar-refractivity contribution in [1.29, 1.82) is 0 Å². The van der Waals surface area contributed by atoms with Crippen LogP contribution in [-0.4, -0.2) is 68.8 Å². The molecule has 2 heterocycles. The number of nitrogens with zero attached hydrogens (tertiary/aromatic N) is 2. The molecule has 38 heavy (non-hydrogen) atoms. The Balaban J connectivity index is 1.45. The monoisotopic (exact) mass is 560 g/mol. The maximum atomic E-state index is 13.7. The Morgan fingerprint density at radius 3 is 2.34 bits per heavy atom. The number of ether oxygens (including phenoxy) is 1. The largest absolute Gasteiger partial charge is 0.375 e. The average molecular weight is 561 g/mol. The lowest BCUT2D eigenvalue weighted by Crippen LogP contribution is -2.58. The van der Waals surface area contributed by atoms with Crippen LogP contribution in [0, 0.1) is 0 Å². The zero-order valence-corrected chi connectivity index (χ0v) is 24.4. The Hall–Kier alpha value is -2.11. The molecule has 0 aliphatic carbocycles. The number of piperidine rings is 1. The highest BCUT2D eigenvalue weighted by molar-refractivity contribution is 7.92. The first-order chi connectivity index (χ1) is 17.9. The van der Waals surface area contributed by atoms with Crippen LogP contribution < -0.4 is 14.9 Å². The first-order valence-corrected chi connectivity index (χ1v) is 15.4. The molecule has 1 amide bonds. The van der Waals surface area contributed by atoms with Crippen LogP contribution >= 0.6 is 12.6 Å². The van der Waals surface area contributed by atoms with Gasteiger partial charge in [0, 0.05) is 30.6 Å². The number of nitrogens with one attached hydrogen (secondary N) is 2. The Labute approximate surface area is 232 Å². The number of benzene rings is 2. The average Bonchev–Trinajstić information content (AvgIpc) is 3.18. The quantitative estimate of drug-likeness (QED) is 0.323. The van der Waals surface area contributed by atoms with E-state index in [1.54, 1.807) is 0 Å². The molecule has 1 saturated heterocycles. The van der Waals surface area contributed by atoms with Crippen molar-refractivity contribution in [2.24, 2.45) is 0 Å². The molecular weight excluding hydrogens is 520 g/mol. The maximum absolute atomic E-state index is 13.7. The summed E-state index contributed by atoms with van der Waals surface area (Å²) in [6.45, 7) is 8.28. The molecule has 1 spiro atoms. The second-order valence-electron chi connectivity index (χ2n) is 11.4. The number of carbonyl (C=O) groups is 1. The molecule has 2 aromatic rings. The Morgan fingerprint density at radius 2 is 1.71 bits per heavy atom. The summed E-state index contributed by atoms with van der Waals surface area (Å²) < 4.78 is 32.5. The molecule has 208 valence electrons.